The van der Waals surface area contributed by atoms with Crippen LogP contribution in [0.3, 0.4) is 0 Å². The van der Waals surface area contributed by atoms with Gasteiger partial charge in [0.05, 0.1) is 20.9 Å². The highest BCUT2D eigenvalue weighted by atomic mass is 32.1. The zero-order chi connectivity index (χ0) is 26.9. The number of carbonyl (C=O) groups excluding carboxylic acids is 1. The zero-order valence-electron chi connectivity index (χ0n) is 22.9. The van der Waals surface area contributed by atoms with Crippen LogP contribution >= 0.6 is 11.3 Å². The first kappa shape index (κ1) is 12.0. The molecule has 0 saturated heterocycles. The third kappa shape index (κ3) is 6.18. The van der Waals surface area contributed by atoms with E-state index in [4.69, 9.17) is 16.7 Å². The molecule has 0 bridgehead atoms. The predicted octanol–water partition coefficient (Wildman–Crippen LogP) is 4.35. The summed E-state index contributed by atoms with van der Waals surface area (Å²) in [6, 6.07) is 13.2. The minimum Gasteiger partial charge on any atom is -0.388 e. The molecular formula is C22H25N3O2S. The Balaban J connectivity index is 1.72. The summed E-state index contributed by atoms with van der Waals surface area (Å²) in [5.41, 5.74) is 5.45. The number of rotatable bonds is 9. The monoisotopic (exact) mass is 403 g/mol. The Labute approximate surface area is 180 Å². The molecule has 0 aliphatic carbocycles. The first-order chi connectivity index (χ1) is 16.6. The van der Waals surface area contributed by atoms with Gasteiger partial charge >= 0.3 is 0 Å². The van der Waals surface area contributed by atoms with Crippen molar-refractivity contribution in [3.8, 4) is 0 Å². The average molecular weight is 404 g/mol. The van der Waals surface area contributed by atoms with Crippen LogP contribution in [-0.4, -0.2) is 16.0 Å². The number of carbonyl (C=O) groups is 1. The molecule has 0 unspecified atom stereocenters. The van der Waals surface area contributed by atoms with Crippen molar-refractivity contribution in [2.45, 2.75) is 38.0 Å². The van der Waals surface area contributed by atoms with E-state index in [1.807, 2.05) is 0 Å². The molecular weight excluding hydrogens is 370 g/mol. The fraction of sp³-hybridized carbons (Fsp3) is 0.273. The lowest BCUT2D eigenvalue weighted by molar-refractivity contribution is -0.115. The summed E-state index contributed by atoms with van der Waals surface area (Å²) < 4.78 is 65.4. The van der Waals surface area contributed by atoms with E-state index in [0.717, 1.165) is 11.3 Å². The fourth-order valence-electron chi connectivity index (χ4n) is 2.34. The Morgan fingerprint density at radius 1 is 1.29 bits per heavy atom. The number of nitrogens with two attached hydrogens (primary N) is 1. The van der Waals surface area contributed by atoms with E-state index in [1.54, 1.807) is 30.3 Å². The van der Waals surface area contributed by atoms with E-state index in [-0.39, 0.29) is 33.7 Å². The van der Waals surface area contributed by atoms with Crippen LogP contribution in [-0.2, 0) is 17.5 Å². The summed E-state index contributed by atoms with van der Waals surface area (Å²) in [5.74, 6) is -1.09. The van der Waals surface area contributed by atoms with Crippen LogP contribution in [0, 0.1) is 0 Å². The molecule has 1 heterocycles. The van der Waals surface area contributed by atoms with Crippen LogP contribution < -0.4 is 11.1 Å². The second-order valence-electron chi connectivity index (χ2n) is 5.77. The lowest BCUT2D eigenvalue weighted by Crippen LogP contribution is -2.14. The molecule has 3 rings (SSSR count). The van der Waals surface area contributed by atoms with Crippen molar-refractivity contribution in [3.63, 3.8) is 0 Å². The molecule has 0 aliphatic heterocycles. The van der Waals surface area contributed by atoms with Gasteiger partial charge in [-0.1, -0.05) is 48.9 Å². The topological polar surface area (TPSA) is 88.2 Å². The van der Waals surface area contributed by atoms with E-state index in [2.05, 4.69) is 10.3 Å². The first-order valence-electron chi connectivity index (χ1n) is 12.5. The lowest BCUT2D eigenvalue weighted by atomic mass is 10.0. The highest BCUT2D eigenvalue weighted by Crippen LogP contribution is 2.20. The van der Waals surface area contributed by atoms with Crippen LogP contribution in [0.5, 0.6) is 0 Å². The average Bonchev–Trinajstić information content (AvgIpc) is 3.17. The molecule has 1 amide bonds. The van der Waals surface area contributed by atoms with Gasteiger partial charge in [0.2, 0.25) is 5.91 Å². The van der Waals surface area contributed by atoms with Gasteiger partial charge in [-0.15, -0.1) is 11.3 Å². The molecule has 146 valence electrons. The molecule has 0 fully saturated rings. The van der Waals surface area contributed by atoms with Crippen molar-refractivity contribution in [2.75, 3.05) is 11.1 Å². The zero-order valence-corrected chi connectivity index (χ0v) is 15.7. The van der Waals surface area contributed by atoms with Crippen LogP contribution in [0.2, 0.25) is 0 Å². The number of nitrogens with one attached hydrogen (secondary N) is 1. The molecule has 0 aliphatic rings. The standard InChI is InChI=1S/C22H25N3O2S/c23-22-25-19(15-28-22)14-21(27)24-18-12-10-16(11-13-18)6-4-5-9-20(26)17-7-2-1-3-8-17/h1-3,7-8,10-13,15,20,26H,4-6,9,14H2,(H2,23,25)(H,24,27)/t20-/m0/s1/i4D2,6D2,14D2,15D,20D. The molecule has 6 heteroatoms. The van der Waals surface area contributed by atoms with E-state index in [9.17, 15) is 9.90 Å². The van der Waals surface area contributed by atoms with E-state index < -0.39 is 43.2 Å². The number of hydrogen-bond acceptors (Lipinski definition) is 5. The molecule has 2 aromatic carbocycles. The highest BCUT2D eigenvalue weighted by molar-refractivity contribution is 7.13. The van der Waals surface area contributed by atoms with Gasteiger partial charge in [0, 0.05) is 19.3 Å². The lowest BCUT2D eigenvalue weighted by Gasteiger charge is -2.10. The number of nitrogens with zero attached hydrogens (tertiary/aromatic N) is 1. The maximum absolute atomic E-state index is 12.5. The minimum absolute atomic E-state index is 0.0394. The summed E-state index contributed by atoms with van der Waals surface area (Å²) >= 11 is 0.740. The molecule has 1 aromatic heterocycles. The maximum Gasteiger partial charge on any atom is 0.230 e. The van der Waals surface area contributed by atoms with Crippen LogP contribution in [0.25, 0.3) is 0 Å². The summed E-state index contributed by atoms with van der Waals surface area (Å²) in [5, 5.41) is 12.5. The quantitative estimate of drug-likeness (QED) is 0.495. The summed E-state index contributed by atoms with van der Waals surface area (Å²) in [6.07, 6.45) is -10.5. The van der Waals surface area contributed by atoms with Gasteiger partial charge in [0.15, 0.2) is 5.13 Å². The highest BCUT2D eigenvalue weighted by Gasteiger charge is 2.08. The third-order valence-electron chi connectivity index (χ3n) is 3.68. The molecule has 28 heavy (non-hydrogen) atoms. The van der Waals surface area contributed by atoms with Crippen molar-refractivity contribution >= 4 is 28.1 Å². The molecule has 5 nitrogen and oxygen atoms in total. The Hall–Kier alpha value is -2.70. The number of benzene rings is 2. The van der Waals surface area contributed by atoms with Gasteiger partial charge in [0.1, 0.15) is 0 Å². The van der Waals surface area contributed by atoms with Crippen molar-refractivity contribution in [1.29, 1.82) is 0 Å². The Morgan fingerprint density at radius 3 is 2.71 bits per heavy atom. The Bertz CT molecular complexity index is 1220. The maximum atomic E-state index is 12.5. The SMILES string of the molecule is [2H]c1sc(N)nc1C([2H])([2H])C(=O)Nc1ccc(C([2H])([2H])C([2H])([2H])CC[C@]([2H])(O)c2ccccc2)cc1. The van der Waals surface area contributed by atoms with E-state index >= 15 is 0 Å². The van der Waals surface area contributed by atoms with E-state index in [1.165, 1.54) is 24.3 Å². The molecule has 0 spiro atoms. The number of thiazole rings is 1. The second-order valence-corrected chi connectivity index (χ2v) is 6.60. The van der Waals surface area contributed by atoms with E-state index in [0.29, 0.717) is 0 Å². The van der Waals surface area contributed by atoms with Crippen molar-refractivity contribution in [2.24, 2.45) is 0 Å². The molecule has 0 saturated carbocycles. The first-order valence-corrected chi connectivity index (χ1v) is 9.33. The normalized spacial score (nSPS) is 18.8. The Morgan fingerprint density at radius 2 is 2.04 bits per heavy atom. The number of hydrogen-bond donors (Lipinski definition) is 3. The number of aromatic nitrogens is 1. The summed E-state index contributed by atoms with van der Waals surface area (Å²) in [4.78, 5) is 16.2. The van der Waals surface area contributed by atoms with Crippen molar-refractivity contribution in [3.05, 3.63) is 76.8 Å². The van der Waals surface area contributed by atoms with Gasteiger partial charge in [-0.05, 0) is 42.4 Å². The van der Waals surface area contributed by atoms with Crippen molar-refractivity contribution < 1.29 is 20.9 Å². The number of amides is 1. The minimum atomic E-state index is -2.64. The largest absolute Gasteiger partial charge is 0.388 e. The summed E-state index contributed by atoms with van der Waals surface area (Å²) in [7, 11) is 0. The second kappa shape index (κ2) is 10.0. The number of aliphatic hydroxyl groups is 1. The molecule has 3 aromatic rings. The van der Waals surface area contributed by atoms with Gasteiger partial charge in [-0.2, -0.15) is 0 Å². The Kier molecular flexibility index (Phi) is 4.29. The van der Waals surface area contributed by atoms with Crippen LogP contribution in [0.4, 0.5) is 10.8 Å². The van der Waals surface area contributed by atoms with Gasteiger partial charge in [-0.3, -0.25) is 4.79 Å². The van der Waals surface area contributed by atoms with Crippen LogP contribution in [0.1, 0.15) is 53.1 Å². The smallest absolute Gasteiger partial charge is 0.230 e. The van der Waals surface area contributed by atoms with Gasteiger partial charge in [0.25, 0.3) is 0 Å². The van der Waals surface area contributed by atoms with Gasteiger partial charge < -0.3 is 16.2 Å². The third-order valence-corrected chi connectivity index (χ3v) is 4.27. The number of aryl methyl sites for hydroxylation is 1. The number of nitrogen functional groups attached to an aromatic ring is 1. The molecule has 0 radical (unpaired) electrons. The fourth-order valence-corrected chi connectivity index (χ4v) is 2.77. The van der Waals surface area contributed by atoms with Crippen molar-refractivity contribution in [1.82, 2.24) is 4.98 Å². The van der Waals surface area contributed by atoms with Gasteiger partial charge in [-0.25, -0.2) is 4.98 Å². The predicted molar refractivity (Wildman–Crippen MR) is 114 cm³/mol. The molecule has 1 atom stereocenters. The number of anilines is 2. The molecule has 4 N–H and O–H groups in total. The summed E-state index contributed by atoms with van der Waals surface area (Å²) in [6.45, 7) is 0. The van der Waals surface area contributed by atoms with Crippen LogP contribution in [0.15, 0.2) is 60.0 Å².